The highest BCUT2D eigenvalue weighted by Crippen LogP contribution is 2.23. The molecular weight excluding hydrogens is 237 g/mol. The van der Waals surface area contributed by atoms with E-state index in [0.29, 0.717) is 5.02 Å². The molecular formula is C10H13Cl2NO2. The molecule has 15 heavy (non-hydrogen) atoms. The van der Waals surface area contributed by atoms with E-state index in [2.05, 4.69) is 4.74 Å². The van der Waals surface area contributed by atoms with Gasteiger partial charge in [-0.05, 0) is 11.6 Å². The second-order valence-corrected chi connectivity index (χ2v) is 3.32. The second-order valence-electron chi connectivity index (χ2n) is 2.91. The van der Waals surface area contributed by atoms with Gasteiger partial charge in [-0.3, -0.25) is 4.79 Å². The first kappa shape index (κ1) is 14.2. The van der Waals surface area contributed by atoms with Crippen molar-refractivity contribution >= 4 is 30.0 Å². The molecule has 1 aromatic carbocycles. The lowest BCUT2D eigenvalue weighted by Crippen LogP contribution is -2.16. The topological polar surface area (TPSA) is 52.3 Å². The largest absolute Gasteiger partial charge is 0.469 e. The number of hydrogen-bond acceptors (Lipinski definition) is 3. The van der Waals surface area contributed by atoms with Gasteiger partial charge in [0.25, 0.3) is 0 Å². The summed E-state index contributed by atoms with van der Waals surface area (Å²) in [6.07, 6.45) is 0.139. The lowest BCUT2D eigenvalue weighted by molar-refractivity contribution is -0.141. The van der Waals surface area contributed by atoms with Crippen LogP contribution in [0.5, 0.6) is 0 Å². The van der Waals surface area contributed by atoms with Gasteiger partial charge in [-0.2, -0.15) is 0 Å². The molecule has 0 fully saturated rings. The number of esters is 1. The number of benzene rings is 1. The van der Waals surface area contributed by atoms with E-state index in [4.69, 9.17) is 17.3 Å². The van der Waals surface area contributed by atoms with Crippen LogP contribution in [-0.2, 0) is 9.53 Å². The molecule has 3 nitrogen and oxygen atoms in total. The Hall–Kier alpha value is -0.770. The van der Waals surface area contributed by atoms with Crippen molar-refractivity contribution in [3.63, 3.8) is 0 Å². The van der Waals surface area contributed by atoms with Gasteiger partial charge in [0.15, 0.2) is 0 Å². The zero-order chi connectivity index (χ0) is 10.6. The number of carbonyl (C=O) groups excluding carboxylic acids is 1. The standard InChI is InChI=1S/C10H12ClNO2.ClH/c1-14-10(13)6-9(12)7-4-2-3-5-8(7)11;/h2-5,9H,6,12H2,1H3;1H/t9-;/m0./s1. The summed E-state index contributed by atoms with van der Waals surface area (Å²) in [6.45, 7) is 0. The van der Waals surface area contributed by atoms with Crippen molar-refractivity contribution in [3.8, 4) is 0 Å². The Labute approximate surface area is 100.0 Å². The molecule has 0 aliphatic heterocycles. The quantitative estimate of drug-likeness (QED) is 0.837. The van der Waals surface area contributed by atoms with E-state index in [1.807, 2.05) is 12.1 Å². The lowest BCUT2D eigenvalue weighted by atomic mass is 10.1. The minimum atomic E-state index is -0.406. The summed E-state index contributed by atoms with van der Waals surface area (Å²) < 4.78 is 4.52. The van der Waals surface area contributed by atoms with Gasteiger partial charge >= 0.3 is 5.97 Å². The van der Waals surface area contributed by atoms with Crippen LogP contribution in [0.1, 0.15) is 18.0 Å². The fraction of sp³-hybridized carbons (Fsp3) is 0.300. The molecule has 0 unspecified atom stereocenters. The third kappa shape index (κ3) is 4.08. The van der Waals surface area contributed by atoms with Gasteiger partial charge in [0.1, 0.15) is 0 Å². The van der Waals surface area contributed by atoms with Crippen molar-refractivity contribution in [2.75, 3.05) is 7.11 Å². The van der Waals surface area contributed by atoms with Crippen LogP contribution in [0, 0.1) is 0 Å². The fourth-order valence-corrected chi connectivity index (χ4v) is 1.42. The zero-order valence-electron chi connectivity index (χ0n) is 8.27. The van der Waals surface area contributed by atoms with Gasteiger partial charge in [0, 0.05) is 11.1 Å². The Kier molecular flexibility index (Phi) is 6.32. The van der Waals surface area contributed by atoms with Crippen LogP contribution < -0.4 is 5.73 Å². The molecule has 1 atom stereocenters. The van der Waals surface area contributed by atoms with Crippen LogP contribution in [0.25, 0.3) is 0 Å². The Morgan fingerprint density at radius 1 is 1.53 bits per heavy atom. The molecule has 0 saturated heterocycles. The van der Waals surface area contributed by atoms with E-state index in [0.717, 1.165) is 5.56 Å². The minimum Gasteiger partial charge on any atom is -0.469 e. The summed E-state index contributed by atoms with van der Waals surface area (Å²) in [4.78, 5) is 11.0. The second kappa shape index (κ2) is 6.67. The lowest BCUT2D eigenvalue weighted by Gasteiger charge is -2.11. The first-order valence-corrected chi connectivity index (χ1v) is 4.59. The predicted octanol–water partition coefficient (Wildman–Crippen LogP) is 2.32. The Balaban J connectivity index is 0.00000196. The average Bonchev–Trinajstić information content (AvgIpc) is 2.18. The maximum atomic E-state index is 11.0. The molecule has 5 heteroatoms. The highest BCUT2D eigenvalue weighted by atomic mass is 35.5. The van der Waals surface area contributed by atoms with Crippen LogP contribution in [0.2, 0.25) is 5.02 Å². The van der Waals surface area contributed by atoms with Crippen molar-refractivity contribution < 1.29 is 9.53 Å². The van der Waals surface area contributed by atoms with Crippen molar-refractivity contribution in [1.29, 1.82) is 0 Å². The number of rotatable bonds is 3. The highest BCUT2D eigenvalue weighted by molar-refractivity contribution is 6.31. The molecule has 0 aromatic heterocycles. The van der Waals surface area contributed by atoms with Gasteiger partial charge in [0.05, 0.1) is 13.5 Å². The SMILES string of the molecule is COC(=O)C[C@H](N)c1ccccc1Cl.Cl. The molecule has 0 heterocycles. The van der Waals surface area contributed by atoms with E-state index in [1.165, 1.54) is 7.11 Å². The van der Waals surface area contributed by atoms with E-state index in [9.17, 15) is 4.79 Å². The normalized spacial score (nSPS) is 11.4. The number of halogens is 2. The minimum absolute atomic E-state index is 0. The van der Waals surface area contributed by atoms with Gasteiger partial charge in [-0.15, -0.1) is 12.4 Å². The first-order chi connectivity index (χ1) is 6.65. The van der Waals surface area contributed by atoms with Crippen LogP contribution in [0.15, 0.2) is 24.3 Å². The maximum Gasteiger partial charge on any atom is 0.307 e. The number of hydrogen-bond donors (Lipinski definition) is 1. The summed E-state index contributed by atoms with van der Waals surface area (Å²) in [6, 6.07) is 6.79. The zero-order valence-corrected chi connectivity index (χ0v) is 9.85. The van der Waals surface area contributed by atoms with Crippen LogP contribution in [-0.4, -0.2) is 13.1 Å². The molecule has 0 amide bonds. The Bertz CT molecular complexity index is 331. The van der Waals surface area contributed by atoms with Crippen LogP contribution in [0.3, 0.4) is 0 Å². The van der Waals surface area contributed by atoms with Gasteiger partial charge in [-0.1, -0.05) is 29.8 Å². The molecule has 0 aliphatic rings. The highest BCUT2D eigenvalue weighted by Gasteiger charge is 2.13. The predicted molar refractivity (Wildman–Crippen MR) is 62.3 cm³/mol. The van der Waals surface area contributed by atoms with Crippen LogP contribution >= 0.6 is 24.0 Å². The monoisotopic (exact) mass is 249 g/mol. The molecule has 1 rings (SSSR count). The number of carbonyl (C=O) groups is 1. The van der Waals surface area contributed by atoms with E-state index in [-0.39, 0.29) is 24.8 Å². The summed E-state index contributed by atoms with van der Waals surface area (Å²) in [5, 5.41) is 0.573. The number of ether oxygens (including phenoxy) is 1. The van der Waals surface area contributed by atoms with Gasteiger partial charge in [-0.25, -0.2) is 0 Å². The van der Waals surface area contributed by atoms with E-state index >= 15 is 0 Å². The smallest absolute Gasteiger partial charge is 0.307 e. The summed E-state index contributed by atoms with van der Waals surface area (Å²) in [7, 11) is 1.33. The van der Waals surface area contributed by atoms with Gasteiger partial charge in [0.2, 0.25) is 0 Å². The number of methoxy groups -OCH3 is 1. The van der Waals surface area contributed by atoms with Crippen molar-refractivity contribution in [2.45, 2.75) is 12.5 Å². The Morgan fingerprint density at radius 3 is 2.67 bits per heavy atom. The van der Waals surface area contributed by atoms with Crippen molar-refractivity contribution in [1.82, 2.24) is 0 Å². The maximum absolute atomic E-state index is 11.0. The summed E-state index contributed by atoms with van der Waals surface area (Å²) in [5.41, 5.74) is 6.55. The molecule has 0 aliphatic carbocycles. The van der Waals surface area contributed by atoms with Crippen molar-refractivity contribution in [3.05, 3.63) is 34.9 Å². The molecule has 0 saturated carbocycles. The Morgan fingerprint density at radius 2 is 2.13 bits per heavy atom. The molecule has 2 N–H and O–H groups in total. The molecule has 0 spiro atoms. The third-order valence-electron chi connectivity index (χ3n) is 1.92. The van der Waals surface area contributed by atoms with E-state index in [1.54, 1.807) is 12.1 Å². The molecule has 84 valence electrons. The molecule has 0 bridgehead atoms. The first-order valence-electron chi connectivity index (χ1n) is 4.22. The number of nitrogens with two attached hydrogens (primary N) is 1. The molecule has 0 radical (unpaired) electrons. The van der Waals surface area contributed by atoms with Crippen molar-refractivity contribution in [2.24, 2.45) is 5.73 Å². The molecule has 1 aromatic rings. The average molecular weight is 250 g/mol. The third-order valence-corrected chi connectivity index (χ3v) is 2.26. The summed E-state index contributed by atoms with van der Waals surface area (Å²) in [5.74, 6) is -0.336. The van der Waals surface area contributed by atoms with E-state index < -0.39 is 6.04 Å². The summed E-state index contributed by atoms with van der Waals surface area (Å²) >= 11 is 5.91. The van der Waals surface area contributed by atoms with Crippen LogP contribution in [0.4, 0.5) is 0 Å². The fourth-order valence-electron chi connectivity index (χ4n) is 1.15. The van der Waals surface area contributed by atoms with Gasteiger partial charge < -0.3 is 10.5 Å².